The predicted molar refractivity (Wildman–Crippen MR) is 67.9 cm³/mol. The van der Waals surface area contributed by atoms with Gasteiger partial charge in [-0.05, 0) is 19.0 Å². The Labute approximate surface area is 105 Å². The van der Waals surface area contributed by atoms with Gasteiger partial charge in [-0.15, -0.1) is 0 Å². The van der Waals surface area contributed by atoms with Gasteiger partial charge in [-0.25, -0.2) is 15.0 Å². The molecule has 0 saturated heterocycles. The Bertz CT molecular complexity index is 507. The first-order valence-electron chi connectivity index (χ1n) is 6.18. The minimum atomic E-state index is 0.640. The number of anilines is 1. The van der Waals surface area contributed by atoms with E-state index in [2.05, 4.69) is 30.2 Å². The summed E-state index contributed by atoms with van der Waals surface area (Å²) < 4.78 is 2.23. The second-order valence-electron chi connectivity index (χ2n) is 4.29. The number of rotatable bonds is 3. The van der Waals surface area contributed by atoms with Crippen LogP contribution in [-0.4, -0.2) is 26.1 Å². The highest BCUT2D eigenvalue weighted by Crippen LogP contribution is 2.12. The Kier molecular flexibility index (Phi) is 3.18. The van der Waals surface area contributed by atoms with Gasteiger partial charge in [0, 0.05) is 25.5 Å². The number of fused-ring (bicyclic) bond motifs is 1. The molecular weight excluding hydrogens is 228 g/mol. The van der Waals surface area contributed by atoms with Crippen molar-refractivity contribution in [1.29, 1.82) is 0 Å². The van der Waals surface area contributed by atoms with Crippen molar-refractivity contribution in [2.24, 2.45) is 0 Å². The third kappa shape index (κ3) is 2.33. The zero-order chi connectivity index (χ0) is 12.2. The van der Waals surface area contributed by atoms with Crippen molar-refractivity contribution in [3.05, 3.63) is 36.2 Å². The van der Waals surface area contributed by atoms with Crippen molar-refractivity contribution in [2.45, 2.75) is 26.1 Å². The van der Waals surface area contributed by atoms with E-state index in [4.69, 9.17) is 0 Å². The summed E-state index contributed by atoms with van der Waals surface area (Å²) in [5.74, 6) is 0.640. The lowest BCUT2D eigenvalue weighted by atomic mass is 10.3. The molecule has 6 nitrogen and oxygen atoms in total. The van der Waals surface area contributed by atoms with E-state index in [0.29, 0.717) is 12.5 Å². The van der Waals surface area contributed by atoms with Gasteiger partial charge in [-0.1, -0.05) is 0 Å². The minimum absolute atomic E-state index is 0.640. The van der Waals surface area contributed by atoms with Crippen molar-refractivity contribution < 1.29 is 0 Å². The largest absolute Gasteiger partial charge is 0.348 e. The number of aryl methyl sites for hydroxylation is 1. The summed E-state index contributed by atoms with van der Waals surface area (Å²) in [5, 5.41) is 6.60. The highest BCUT2D eigenvalue weighted by Gasteiger charge is 2.13. The lowest BCUT2D eigenvalue weighted by Crippen LogP contribution is -2.14. The minimum Gasteiger partial charge on any atom is -0.348 e. The van der Waals surface area contributed by atoms with Crippen LogP contribution in [-0.2, 0) is 19.6 Å². The molecule has 3 heterocycles. The average molecular weight is 244 g/mol. The van der Waals surface area contributed by atoms with Crippen LogP contribution in [0.2, 0.25) is 0 Å². The normalized spacial score (nSPS) is 14.9. The standard InChI is InChI=1S/C12H16N6/c1-4-14-12(15-5-1)16-7-10-11-8-13-3-2-6-18(11)9-17-10/h1,4-5,9,13H,2-3,6-8H2,(H,14,15,16). The summed E-state index contributed by atoms with van der Waals surface area (Å²) in [7, 11) is 0. The van der Waals surface area contributed by atoms with Crippen LogP contribution in [0, 0.1) is 0 Å². The molecule has 2 aromatic rings. The molecule has 0 unspecified atom stereocenters. The van der Waals surface area contributed by atoms with Gasteiger partial charge in [0.2, 0.25) is 5.95 Å². The fraction of sp³-hybridized carbons (Fsp3) is 0.417. The molecule has 94 valence electrons. The van der Waals surface area contributed by atoms with Crippen molar-refractivity contribution in [3.8, 4) is 0 Å². The average Bonchev–Trinajstić information content (AvgIpc) is 2.65. The second kappa shape index (κ2) is 5.14. The van der Waals surface area contributed by atoms with E-state index in [1.807, 2.05) is 6.33 Å². The van der Waals surface area contributed by atoms with E-state index in [1.54, 1.807) is 18.5 Å². The smallest absolute Gasteiger partial charge is 0.222 e. The number of nitrogens with one attached hydrogen (secondary N) is 2. The Morgan fingerprint density at radius 3 is 3.06 bits per heavy atom. The third-order valence-electron chi connectivity index (χ3n) is 3.06. The molecule has 0 aliphatic carbocycles. The molecule has 18 heavy (non-hydrogen) atoms. The molecule has 6 heteroatoms. The quantitative estimate of drug-likeness (QED) is 0.835. The van der Waals surface area contributed by atoms with E-state index >= 15 is 0 Å². The topological polar surface area (TPSA) is 67.7 Å². The maximum absolute atomic E-state index is 4.46. The zero-order valence-corrected chi connectivity index (χ0v) is 10.1. The summed E-state index contributed by atoms with van der Waals surface area (Å²) in [5.41, 5.74) is 2.33. The molecule has 0 aromatic carbocycles. The summed E-state index contributed by atoms with van der Waals surface area (Å²) in [6.45, 7) is 3.65. The first kappa shape index (κ1) is 11.2. The molecule has 0 atom stereocenters. The Morgan fingerprint density at radius 2 is 2.17 bits per heavy atom. The van der Waals surface area contributed by atoms with E-state index < -0.39 is 0 Å². The molecule has 0 bridgehead atoms. The number of aromatic nitrogens is 4. The van der Waals surface area contributed by atoms with Gasteiger partial charge in [0.25, 0.3) is 0 Å². The van der Waals surface area contributed by atoms with E-state index in [1.165, 1.54) is 5.69 Å². The summed E-state index contributed by atoms with van der Waals surface area (Å²) in [6, 6.07) is 1.80. The SMILES string of the molecule is c1cnc(NCc2ncn3c2CNCCC3)nc1. The molecule has 1 aliphatic heterocycles. The molecule has 0 spiro atoms. The van der Waals surface area contributed by atoms with E-state index in [-0.39, 0.29) is 0 Å². The predicted octanol–water partition coefficient (Wildman–Crippen LogP) is 0.778. The van der Waals surface area contributed by atoms with Crippen molar-refractivity contribution in [2.75, 3.05) is 11.9 Å². The first-order valence-corrected chi connectivity index (χ1v) is 6.18. The maximum Gasteiger partial charge on any atom is 0.222 e. The fourth-order valence-electron chi connectivity index (χ4n) is 2.13. The molecule has 3 rings (SSSR count). The van der Waals surface area contributed by atoms with Crippen LogP contribution in [0.5, 0.6) is 0 Å². The molecule has 0 amide bonds. The van der Waals surface area contributed by atoms with Crippen LogP contribution < -0.4 is 10.6 Å². The fourth-order valence-corrected chi connectivity index (χ4v) is 2.13. The number of hydrogen-bond acceptors (Lipinski definition) is 5. The van der Waals surface area contributed by atoms with Crippen LogP contribution in [0.3, 0.4) is 0 Å². The lowest BCUT2D eigenvalue weighted by Gasteiger charge is -2.06. The second-order valence-corrected chi connectivity index (χ2v) is 4.29. The van der Waals surface area contributed by atoms with Crippen molar-refractivity contribution in [3.63, 3.8) is 0 Å². The van der Waals surface area contributed by atoms with Crippen LogP contribution >= 0.6 is 0 Å². The van der Waals surface area contributed by atoms with Crippen LogP contribution in [0.4, 0.5) is 5.95 Å². The van der Waals surface area contributed by atoms with Gasteiger partial charge in [0.15, 0.2) is 0 Å². The Balaban J connectivity index is 1.72. The van der Waals surface area contributed by atoms with Gasteiger partial charge < -0.3 is 15.2 Å². The Hall–Kier alpha value is -1.95. The lowest BCUT2D eigenvalue weighted by molar-refractivity contribution is 0.641. The van der Waals surface area contributed by atoms with Crippen LogP contribution in [0.25, 0.3) is 0 Å². The van der Waals surface area contributed by atoms with E-state index in [9.17, 15) is 0 Å². The molecule has 2 aromatic heterocycles. The zero-order valence-electron chi connectivity index (χ0n) is 10.1. The van der Waals surface area contributed by atoms with Gasteiger partial charge >= 0.3 is 0 Å². The number of nitrogens with zero attached hydrogens (tertiary/aromatic N) is 4. The van der Waals surface area contributed by atoms with Crippen molar-refractivity contribution in [1.82, 2.24) is 24.8 Å². The highest BCUT2D eigenvalue weighted by atomic mass is 15.1. The summed E-state index contributed by atoms with van der Waals surface area (Å²) in [6.07, 6.45) is 6.53. The molecule has 0 radical (unpaired) electrons. The highest BCUT2D eigenvalue weighted by molar-refractivity contribution is 5.26. The molecule has 0 saturated carbocycles. The summed E-state index contributed by atoms with van der Waals surface area (Å²) >= 11 is 0. The first-order chi connectivity index (χ1) is 8.93. The molecule has 1 aliphatic rings. The molecule has 2 N–H and O–H groups in total. The van der Waals surface area contributed by atoms with Crippen molar-refractivity contribution >= 4 is 5.95 Å². The molecular formula is C12H16N6. The third-order valence-corrected chi connectivity index (χ3v) is 3.06. The summed E-state index contributed by atoms with van der Waals surface area (Å²) in [4.78, 5) is 12.7. The van der Waals surface area contributed by atoms with Crippen LogP contribution in [0.1, 0.15) is 17.8 Å². The van der Waals surface area contributed by atoms with Gasteiger partial charge in [0.1, 0.15) is 0 Å². The van der Waals surface area contributed by atoms with Crippen LogP contribution in [0.15, 0.2) is 24.8 Å². The van der Waals surface area contributed by atoms with Gasteiger partial charge in [-0.2, -0.15) is 0 Å². The number of imidazole rings is 1. The van der Waals surface area contributed by atoms with Gasteiger partial charge in [0.05, 0.1) is 24.3 Å². The van der Waals surface area contributed by atoms with E-state index in [0.717, 1.165) is 31.7 Å². The maximum atomic E-state index is 4.46. The molecule has 0 fully saturated rings. The monoisotopic (exact) mass is 244 g/mol. The Morgan fingerprint density at radius 1 is 1.28 bits per heavy atom. The number of hydrogen-bond donors (Lipinski definition) is 2. The van der Waals surface area contributed by atoms with Gasteiger partial charge in [-0.3, -0.25) is 0 Å².